The molecule has 0 spiro atoms. The van der Waals surface area contributed by atoms with Crippen molar-refractivity contribution in [1.29, 1.82) is 0 Å². The van der Waals surface area contributed by atoms with Gasteiger partial charge in [-0.05, 0) is 75.2 Å². The third kappa shape index (κ3) is 4.86. The molecule has 4 aromatic carbocycles. The molecular formula is C30H20F2INO2. The van der Waals surface area contributed by atoms with Crippen LogP contribution in [0.1, 0.15) is 22.3 Å². The maximum atomic E-state index is 12.9. The van der Waals surface area contributed by atoms with Gasteiger partial charge in [0.1, 0.15) is 0 Å². The Morgan fingerprint density at radius 1 is 0.750 bits per heavy atom. The molecule has 5 rings (SSSR count). The van der Waals surface area contributed by atoms with Crippen LogP contribution in [0.25, 0.3) is 44.4 Å². The van der Waals surface area contributed by atoms with Gasteiger partial charge < -0.3 is 4.74 Å². The third-order valence-electron chi connectivity index (χ3n) is 6.07. The number of hydrogen-bond acceptors (Lipinski definition) is 3. The minimum Gasteiger partial charge on any atom is -0.465 e. The van der Waals surface area contributed by atoms with Crippen molar-refractivity contribution in [3.8, 4) is 33.5 Å². The molecule has 0 saturated carbocycles. The molecule has 0 unspecified atom stereocenters. The number of nitrogens with zero attached hydrogens (tertiary/aromatic N) is 1. The van der Waals surface area contributed by atoms with Crippen LogP contribution in [-0.4, -0.2) is 18.1 Å². The second-order valence-electron chi connectivity index (χ2n) is 8.29. The molecule has 178 valence electrons. The molecule has 0 amide bonds. The molecule has 0 aliphatic carbocycles. The van der Waals surface area contributed by atoms with Crippen LogP contribution in [0.15, 0.2) is 97.1 Å². The van der Waals surface area contributed by atoms with E-state index in [1.807, 2.05) is 66.7 Å². The summed E-state index contributed by atoms with van der Waals surface area (Å²) in [5.74, 6) is -0.431. The summed E-state index contributed by atoms with van der Waals surface area (Å²) in [6, 6.07) is 29.7. The van der Waals surface area contributed by atoms with Gasteiger partial charge in [0.25, 0.3) is 6.43 Å². The average Bonchev–Trinajstić information content (AvgIpc) is 2.92. The standard InChI is InChI=1S/C30H20F2INO2/c1-36-30(35)26-17-28(21-6-2-18(3-7-21)19-4-8-22(9-5-19)29(31)32)34-27-15-12-23(16-25(26)27)20-10-13-24(33)14-11-20/h2-17,29H,1H3. The number of fused-ring (bicyclic) bond motifs is 1. The lowest BCUT2D eigenvalue weighted by Gasteiger charge is -2.11. The van der Waals surface area contributed by atoms with Gasteiger partial charge in [-0.1, -0.05) is 66.7 Å². The number of pyridine rings is 1. The number of alkyl halides is 2. The van der Waals surface area contributed by atoms with E-state index in [-0.39, 0.29) is 5.56 Å². The molecule has 0 saturated heterocycles. The van der Waals surface area contributed by atoms with E-state index in [1.54, 1.807) is 18.2 Å². The normalized spacial score (nSPS) is 11.1. The second kappa shape index (κ2) is 10.1. The molecule has 0 aliphatic heterocycles. The summed E-state index contributed by atoms with van der Waals surface area (Å²) in [7, 11) is 1.37. The first-order valence-corrected chi connectivity index (χ1v) is 12.3. The van der Waals surface area contributed by atoms with E-state index in [9.17, 15) is 13.6 Å². The predicted molar refractivity (Wildman–Crippen MR) is 147 cm³/mol. The molecule has 0 fully saturated rings. The number of hydrogen-bond donors (Lipinski definition) is 0. The Balaban J connectivity index is 1.53. The van der Waals surface area contributed by atoms with Gasteiger partial charge in [0.15, 0.2) is 0 Å². The Morgan fingerprint density at radius 2 is 1.28 bits per heavy atom. The number of ether oxygens (including phenoxy) is 1. The SMILES string of the molecule is COC(=O)c1cc(-c2ccc(-c3ccc(C(F)F)cc3)cc2)nc2ccc(-c3ccc(I)cc3)cc12. The average molecular weight is 591 g/mol. The highest BCUT2D eigenvalue weighted by Gasteiger charge is 2.16. The molecule has 6 heteroatoms. The summed E-state index contributed by atoms with van der Waals surface area (Å²) in [6.45, 7) is 0. The lowest BCUT2D eigenvalue weighted by molar-refractivity contribution is 0.0603. The lowest BCUT2D eigenvalue weighted by atomic mass is 9.98. The third-order valence-corrected chi connectivity index (χ3v) is 6.79. The van der Waals surface area contributed by atoms with Gasteiger partial charge in [0.05, 0.1) is 23.9 Å². The van der Waals surface area contributed by atoms with Crippen LogP contribution in [-0.2, 0) is 4.74 Å². The maximum absolute atomic E-state index is 12.9. The molecule has 0 aliphatic rings. The fraction of sp³-hybridized carbons (Fsp3) is 0.0667. The van der Waals surface area contributed by atoms with E-state index in [0.717, 1.165) is 36.8 Å². The summed E-state index contributed by atoms with van der Waals surface area (Å²) >= 11 is 2.27. The fourth-order valence-corrected chi connectivity index (χ4v) is 4.49. The van der Waals surface area contributed by atoms with Gasteiger partial charge in [0, 0.05) is 20.1 Å². The monoisotopic (exact) mass is 591 g/mol. The van der Waals surface area contributed by atoms with Crippen LogP contribution >= 0.6 is 22.6 Å². The zero-order valence-electron chi connectivity index (χ0n) is 19.2. The van der Waals surface area contributed by atoms with Crippen molar-refractivity contribution in [2.24, 2.45) is 0 Å². The molecule has 0 N–H and O–H groups in total. The Labute approximate surface area is 220 Å². The van der Waals surface area contributed by atoms with Gasteiger partial charge in [-0.15, -0.1) is 0 Å². The molecule has 0 bridgehead atoms. The van der Waals surface area contributed by atoms with E-state index in [0.29, 0.717) is 16.8 Å². The molecule has 0 atom stereocenters. The minimum atomic E-state index is -2.49. The Bertz CT molecular complexity index is 1550. The number of halogens is 3. The van der Waals surface area contributed by atoms with Crippen molar-refractivity contribution in [3.63, 3.8) is 0 Å². The highest BCUT2D eigenvalue weighted by atomic mass is 127. The Kier molecular flexibility index (Phi) is 6.78. The van der Waals surface area contributed by atoms with Gasteiger partial charge in [-0.3, -0.25) is 0 Å². The predicted octanol–water partition coefficient (Wildman–Crippen LogP) is 8.56. The van der Waals surface area contributed by atoms with Crippen molar-refractivity contribution >= 4 is 39.5 Å². The largest absolute Gasteiger partial charge is 0.465 e. The van der Waals surface area contributed by atoms with Crippen molar-refractivity contribution < 1.29 is 18.3 Å². The molecule has 0 radical (unpaired) electrons. The fourth-order valence-electron chi connectivity index (χ4n) is 4.13. The van der Waals surface area contributed by atoms with Crippen molar-refractivity contribution in [2.75, 3.05) is 7.11 Å². The van der Waals surface area contributed by atoms with Crippen LogP contribution < -0.4 is 0 Å². The van der Waals surface area contributed by atoms with Crippen LogP contribution in [0.5, 0.6) is 0 Å². The summed E-state index contributed by atoms with van der Waals surface area (Å²) in [6.07, 6.45) is -2.49. The summed E-state index contributed by atoms with van der Waals surface area (Å²) < 4.78 is 31.9. The van der Waals surface area contributed by atoms with E-state index in [4.69, 9.17) is 9.72 Å². The molecule has 1 aromatic heterocycles. The number of esters is 1. The first-order valence-electron chi connectivity index (χ1n) is 11.2. The topological polar surface area (TPSA) is 39.2 Å². The van der Waals surface area contributed by atoms with Crippen molar-refractivity contribution in [3.05, 3.63) is 112 Å². The Hall–Kier alpha value is -3.65. The number of rotatable bonds is 5. The van der Waals surface area contributed by atoms with Crippen LogP contribution in [0.4, 0.5) is 8.78 Å². The van der Waals surface area contributed by atoms with Crippen molar-refractivity contribution in [2.45, 2.75) is 6.43 Å². The van der Waals surface area contributed by atoms with Crippen LogP contribution in [0, 0.1) is 3.57 Å². The number of benzene rings is 4. The Morgan fingerprint density at radius 3 is 1.89 bits per heavy atom. The number of aromatic nitrogens is 1. The van der Waals surface area contributed by atoms with E-state index >= 15 is 0 Å². The van der Waals surface area contributed by atoms with Crippen LogP contribution in [0.3, 0.4) is 0 Å². The zero-order valence-corrected chi connectivity index (χ0v) is 21.4. The first kappa shape index (κ1) is 24.1. The second-order valence-corrected chi connectivity index (χ2v) is 9.53. The van der Waals surface area contributed by atoms with E-state index < -0.39 is 12.4 Å². The highest BCUT2D eigenvalue weighted by Crippen LogP contribution is 2.31. The van der Waals surface area contributed by atoms with Gasteiger partial charge >= 0.3 is 5.97 Å². The number of carbonyl (C=O) groups is 1. The summed E-state index contributed by atoms with van der Waals surface area (Å²) in [5, 5.41) is 0.720. The van der Waals surface area contributed by atoms with Gasteiger partial charge in [-0.25, -0.2) is 18.6 Å². The molecule has 5 aromatic rings. The van der Waals surface area contributed by atoms with Gasteiger partial charge in [0.2, 0.25) is 0 Å². The maximum Gasteiger partial charge on any atom is 0.338 e. The zero-order chi connectivity index (χ0) is 25.2. The smallest absolute Gasteiger partial charge is 0.338 e. The quantitative estimate of drug-likeness (QED) is 0.152. The number of carbonyl (C=O) groups excluding carboxylic acids is 1. The molecule has 1 heterocycles. The number of methoxy groups -OCH3 is 1. The lowest BCUT2D eigenvalue weighted by Crippen LogP contribution is -2.04. The minimum absolute atomic E-state index is 0.00347. The summed E-state index contributed by atoms with van der Waals surface area (Å²) in [4.78, 5) is 17.5. The molecule has 36 heavy (non-hydrogen) atoms. The molecular weight excluding hydrogens is 571 g/mol. The van der Waals surface area contributed by atoms with Gasteiger partial charge in [-0.2, -0.15) is 0 Å². The van der Waals surface area contributed by atoms with E-state index in [1.165, 1.54) is 19.2 Å². The van der Waals surface area contributed by atoms with E-state index in [2.05, 4.69) is 22.6 Å². The molecule has 3 nitrogen and oxygen atoms in total. The van der Waals surface area contributed by atoms with Crippen molar-refractivity contribution in [1.82, 2.24) is 4.98 Å². The first-order chi connectivity index (χ1) is 17.4. The van der Waals surface area contributed by atoms with Crippen LogP contribution in [0.2, 0.25) is 0 Å². The highest BCUT2D eigenvalue weighted by molar-refractivity contribution is 14.1. The summed E-state index contributed by atoms with van der Waals surface area (Å²) in [5.41, 5.74) is 6.38.